The Balaban J connectivity index is 1.87. The molecule has 0 saturated carbocycles. The number of carbonyl (C=O) groups is 1. The van der Waals surface area contributed by atoms with E-state index >= 15 is 0 Å². The summed E-state index contributed by atoms with van der Waals surface area (Å²) in [5.41, 5.74) is 5.85. The number of aryl methyl sites for hydroxylation is 1. The van der Waals surface area contributed by atoms with Crippen molar-refractivity contribution in [1.82, 2.24) is 14.5 Å². The van der Waals surface area contributed by atoms with E-state index in [0.29, 0.717) is 17.4 Å². The van der Waals surface area contributed by atoms with Gasteiger partial charge in [-0.15, -0.1) is 11.3 Å². The molecule has 0 aromatic carbocycles. The summed E-state index contributed by atoms with van der Waals surface area (Å²) in [6, 6.07) is -1.07. The number of nitrogens with one attached hydrogen (secondary N) is 1. The van der Waals surface area contributed by atoms with Crippen molar-refractivity contribution >= 4 is 22.4 Å². The van der Waals surface area contributed by atoms with Gasteiger partial charge in [0.2, 0.25) is 0 Å². The van der Waals surface area contributed by atoms with Crippen LogP contribution in [0.25, 0.3) is 0 Å². The number of thiazole rings is 1. The molecule has 102 valence electrons. The molecule has 0 amide bonds. The van der Waals surface area contributed by atoms with E-state index in [1.54, 1.807) is 11.6 Å². The number of anilines is 1. The van der Waals surface area contributed by atoms with Crippen LogP contribution in [0.2, 0.25) is 0 Å². The smallest absolute Gasteiger partial charge is 0.326 e. The summed E-state index contributed by atoms with van der Waals surface area (Å²) >= 11 is 1.34. The lowest BCUT2D eigenvalue weighted by molar-refractivity contribution is -0.138. The van der Waals surface area contributed by atoms with Gasteiger partial charge < -0.3 is 20.7 Å². The number of carboxylic acid groups (broad SMARTS) is 1. The third-order valence-corrected chi connectivity index (χ3v) is 3.47. The van der Waals surface area contributed by atoms with Crippen LogP contribution in [0.1, 0.15) is 17.6 Å². The molecule has 2 aromatic heterocycles. The van der Waals surface area contributed by atoms with Crippen LogP contribution in [0.15, 0.2) is 17.8 Å². The van der Waals surface area contributed by atoms with Crippen molar-refractivity contribution in [3.8, 4) is 0 Å². The van der Waals surface area contributed by atoms with Gasteiger partial charge in [0.15, 0.2) is 5.13 Å². The van der Waals surface area contributed by atoms with Crippen LogP contribution in [0, 0.1) is 0 Å². The Kier molecular flexibility index (Phi) is 4.13. The second-order valence-corrected chi connectivity index (χ2v) is 4.88. The highest BCUT2D eigenvalue weighted by atomic mass is 32.1. The van der Waals surface area contributed by atoms with Gasteiger partial charge in [0, 0.05) is 37.8 Å². The lowest BCUT2D eigenvalue weighted by atomic mass is 10.2. The van der Waals surface area contributed by atoms with Gasteiger partial charge in [0.05, 0.1) is 5.69 Å². The predicted octanol–water partition coefficient (Wildman–Crippen LogP) is 0.616. The third kappa shape index (κ3) is 3.30. The molecule has 7 nitrogen and oxygen atoms in total. The van der Waals surface area contributed by atoms with Gasteiger partial charge >= 0.3 is 5.97 Å². The van der Waals surface area contributed by atoms with Gasteiger partial charge in [-0.2, -0.15) is 0 Å². The Morgan fingerprint density at radius 3 is 3.11 bits per heavy atom. The molecule has 0 bridgehead atoms. The summed E-state index contributed by atoms with van der Waals surface area (Å²) in [7, 11) is 1.94. The molecule has 1 unspecified atom stereocenters. The van der Waals surface area contributed by atoms with E-state index in [0.717, 1.165) is 12.2 Å². The van der Waals surface area contributed by atoms with Gasteiger partial charge in [0.1, 0.15) is 11.9 Å². The molecule has 0 aliphatic rings. The number of aromatic nitrogens is 3. The molecule has 2 heterocycles. The van der Waals surface area contributed by atoms with Gasteiger partial charge in [-0.05, 0) is 0 Å². The highest BCUT2D eigenvalue weighted by Crippen LogP contribution is 2.19. The first-order chi connectivity index (χ1) is 9.08. The van der Waals surface area contributed by atoms with Crippen LogP contribution in [-0.4, -0.2) is 32.2 Å². The standard InChI is InChI=1S/C11H15N5O2S/c1-16-5-4-13-8(16)2-3-14-11-15-7(6-19-11)9(12)10(17)18/h4-6,9H,2-3,12H2,1H3,(H,14,15)(H,17,18). The number of hydrogen-bond acceptors (Lipinski definition) is 6. The third-order valence-electron chi connectivity index (χ3n) is 2.65. The fourth-order valence-electron chi connectivity index (χ4n) is 1.56. The Labute approximate surface area is 114 Å². The lowest BCUT2D eigenvalue weighted by Gasteiger charge is -2.03. The number of aliphatic carboxylic acids is 1. The van der Waals surface area contributed by atoms with Crippen molar-refractivity contribution in [3.63, 3.8) is 0 Å². The molecule has 0 spiro atoms. The molecular formula is C11H15N5O2S. The van der Waals surface area contributed by atoms with Crippen LogP contribution >= 0.6 is 11.3 Å². The molecule has 2 rings (SSSR count). The first-order valence-corrected chi connectivity index (χ1v) is 6.60. The first kappa shape index (κ1) is 13.5. The largest absolute Gasteiger partial charge is 0.480 e. The maximum atomic E-state index is 10.7. The summed E-state index contributed by atoms with van der Waals surface area (Å²) in [5.74, 6) is -0.101. The molecule has 0 saturated heterocycles. The number of nitrogens with zero attached hydrogens (tertiary/aromatic N) is 3. The topological polar surface area (TPSA) is 106 Å². The summed E-state index contributed by atoms with van der Waals surface area (Å²) in [6.07, 6.45) is 4.41. The average molecular weight is 281 g/mol. The van der Waals surface area contributed by atoms with E-state index in [9.17, 15) is 4.79 Å². The van der Waals surface area contributed by atoms with Gasteiger partial charge in [0.25, 0.3) is 0 Å². The second-order valence-electron chi connectivity index (χ2n) is 4.02. The Morgan fingerprint density at radius 2 is 2.47 bits per heavy atom. The van der Waals surface area contributed by atoms with E-state index in [2.05, 4.69) is 15.3 Å². The zero-order chi connectivity index (χ0) is 13.8. The predicted molar refractivity (Wildman–Crippen MR) is 72.1 cm³/mol. The lowest BCUT2D eigenvalue weighted by Crippen LogP contribution is -2.21. The molecule has 8 heteroatoms. The molecule has 0 aliphatic carbocycles. The maximum absolute atomic E-state index is 10.7. The number of rotatable bonds is 6. The number of carboxylic acids is 1. The van der Waals surface area contributed by atoms with E-state index < -0.39 is 12.0 Å². The van der Waals surface area contributed by atoms with Gasteiger partial charge in [-0.1, -0.05) is 0 Å². The van der Waals surface area contributed by atoms with Gasteiger partial charge in [-0.25, -0.2) is 9.97 Å². The van der Waals surface area contributed by atoms with E-state index in [1.807, 2.05) is 17.8 Å². The Morgan fingerprint density at radius 1 is 1.68 bits per heavy atom. The summed E-state index contributed by atoms with van der Waals surface area (Å²) in [6.45, 7) is 0.681. The molecule has 4 N–H and O–H groups in total. The van der Waals surface area contributed by atoms with Crippen molar-refractivity contribution in [2.75, 3.05) is 11.9 Å². The van der Waals surface area contributed by atoms with Crippen molar-refractivity contribution in [1.29, 1.82) is 0 Å². The van der Waals surface area contributed by atoms with Crippen LogP contribution < -0.4 is 11.1 Å². The minimum absolute atomic E-state index is 0.372. The fraction of sp³-hybridized carbons (Fsp3) is 0.364. The number of imidazole rings is 1. The van der Waals surface area contributed by atoms with Crippen LogP contribution in [-0.2, 0) is 18.3 Å². The zero-order valence-corrected chi connectivity index (χ0v) is 11.2. The van der Waals surface area contributed by atoms with Crippen molar-refractivity contribution in [2.24, 2.45) is 12.8 Å². The molecular weight excluding hydrogens is 266 g/mol. The van der Waals surface area contributed by atoms with Crippen LogP contribution in [0.3, 0.4) is 0 Å². The fourth-order valence-corrected chi connectivity index (χ4v) is 2.33. The Bertz CT molecular complexity index is 565. The Hall–Kier alpha value is -1.93. The molecule has 0 fully saturated rings. The normalized spacial score (nSPS) is 12.3. The number of nitrogens with two attached hydrogens (primary N) is 1. The quantitative estimate of drug-likeness (QED) is 0.716. The summed E-state index contributed by atoms with van der Waals surface area (Å²) in [4.78, 5) is 19.1. The second kappa shape index (κ2) is 5.81. The zero-order valence-electron chi connectivity index (χ0n) is 10.4. The molecule has 2 aromatic rings. The highest BCUT2D eigenvalue weighted by Gasteiger charge is 2.17. The monoisotopic (exact) mass is 281 g/mol. The first-order valence-electron chi connectivity index (χ1n) is 5.72. The van der Waals surface area contributed by atoms with Crippen molar-refractivity contribution < 1.29 is 9.90 Å². The van der Waals surface area contributed by atoms with Crippen LogP contribution in [0.4, 0.5) is 5.13 Å². The number of hydrogen-bond donors (Lipinski definition) is 3. The maximum Gasteiger partial charge on any atom is 0.326 e. The van der Waals surface area contributed by atoms with Crippen molar-refractivity contribution in [3.05, 3.63) is 29.3 Å². The van der Waals surface area contributed by atoms with E-state index in [1.165, 1.54) is 11.3 Å². The summed E-state index contributed by atoms with van der Waals surface area (Å²) < 4.78 is 1.95. The molecule has 1 atom stereocenters. The van der Waals surface area contributed by atoms with E-state index in [-0.39, 0.29) is 0 Å². The van der Waals surface area contributed by atoms with Crippen LogP contribution in [0.5, 0.6) is 0 Å². The SMILES string of the molecule is Cn1ccnc1CCNc1nc(C(N)C(=O)O)cs1. The highest BCUT2D eigenvalue weighted by molar-refractivity contribution is 7.13. The van der Waals surface area contributed by atoms with Gasteiger partial charge in [-0.3, -0.25) is 4.79 Å². The van der Waals surface area contributed by atoms with Crippen molar-refractivity contribution in [2.45, 2.75) is 12.5 Å². The minimum Gasteiger partial charge on any atom is -0.480 e. The summed E-state index contributed by atoms with van der Waals surface area (Å²) in [5, 5.41) is 14.2. The minimum atomic E-state index is -1.08. The molecule has 0 aliphatic heterocycles. The molecule has 19 heavy (non-hydrogen) atoms. The average Bonchev–Trinajstić information content (AvgIpc) is 2.98. The van der Waals surface area contributed by atoms with E-state index in [4.69, 9.17) is 10.8 Å². The molecule has 0 radical (unpaired) electrons.